The lowest BCUT2D eigenvalue weighted by atomic mass is 10.0. The number of aliphatic carboxylic acids is 1. The highest BCUT2D eigenvalue weighted by molar-refractivity contribution is 5.97. The fraction of sp³-hybridized carbons (Fsp3) is 0.500. The summed E-state index contributed by atoms with van der Waals surface area (Å²) in [5.41, 5.74) is 1.94. The van der Waals surface area contributed by atoms with Gasteiger partial charge >= 0.3 is 5.97 Å². The van der Waals surface area contributed by atoms with Crippen molar-refractivity contribution in [2.75, 3.05) is 11.4 Å². The number of nitrogens with one attached hydrogen (secondary N) is 1. The Morgan fingerprint density at radius 2 is 1.96 bits per heavy atom. The molecular weight excluding hydrogens is 308 g/mol. The van der Waals surface area contributed by atoms with Crippen molar-refractivity contribution < 1.29 is 19.5 Å². The van der Waals surface area contributed by atoms with Crippen molar-refractivity contribution in [2.45, 2.75) is 45.6 Å². The monoisotopic (exact) mass is 332 g/mol. The van der Waals surface area contributed by atoms with Gasteiger partial charge in [0, 0.05) is 25.1 Å². The van der Waals surface area contributed by atoms with Gasteiger partial charge in [-0.25, -0.2) is 4.79 Å². The molecule has 0 spiro atoms. The standard InChI is InChI=1S/C18H24N2O4/c1-12(2)11-14(18(23)24)19-16(21)9-10-20-15-6-4-3-5-13(15)7-8-17(20)22/h3-6,12,14H,7-11H2,1-2H3,(H,19,21)(H,23,24)/t14-/m1/s1. The second-order valence-corrected chi connectivity index (χ2v) is 6.51. The van der Waals surface area contributed by atoms with Crippen molar-refractivity contribution in [1.82, 2.24) is 5.32 Å². The Kier molecular flexibility index (Phi) is 5.95. The number of amides is 2. The summed E-state index contributed by atoms with van der Waals surface area (Å²) in [5.74, 6) is -1.21. The van der Waals surface area contributed by atoms with E-state index in [0.717, 1.165) is 11.3 Å². The Morgan fingerprint density at radius 1 is 1.25 bits per heavy atom. The van der Waals surface area contributed by atoms with Gasteiger partial charge in [0.05, 0.1) is 0 Å². The summed E-state index contributed by atoms with van der Waals surface area (Å²) in [6.07, 6.45) is 1.62. The average molecular weight is 332 g/mol. The first-order valence-electron chi connectivity index (χ1n) is 8.29. The Hall–Kier alpha value is -2.37. The van der Waals surface area contributed by atoms with Crippen LogP contribution in [-0.4, -0.2) is 35.5 Å². The number of carbonyl (C=O) groups excluding carboxylic acids is 2. The van der Waals surface area contributed by atoms with Crippen LogP contribution in [0.15, 0.2) is 24.3 Å². The molecule has 0 radical (unpaired) electrons. The van der Waals surface area contributed by atoms with Gasteiger partial charge in [0.15, 0.2) is 0 Å². The van der Waals surface area contributed by atoms with E-state index in [0.29, 0.717) is 19.3 Å². The zero-order valence-corrected chi connectivity index (χ0v) is 14.1. The van der Waals surface area contributed by atoms with E-state index in [1.807, 2.05) is 38.1 Å². The van der Waals surface area contributed by atoms with E-state index in [-0.39, 0.29) is 30.7 Å². The Labute approximate surface area is 141 Å². The number of fused-ring (bicyclic) bond motifs is 1. The minimum atomic E-state index is -1.03. The second kappa shape index (κ2) is 7.95. The summed E-state index contributed by atoms with van der Waals surface area (Å²) in [4.78, 5) is 37.1. The van der Waals surface area contributed by atoms with Gasteiger partial charge in [0.25, 0.3) is 0 Å². The summed E-state index contributed by atoms with van der Waals surface area (Å²) < 4.78 is 0. The van der Waals surface area contributed by atoms with E-state index < -0.39 is 12.0 Å². The highest BCUT2D eigenvalue weighted by Gasteiger charge is 2.25. The van der Waals surface area contributed by atoms with Gasteiger partial charge in [0.2, 0.25) is 11.8 Å². The molecule has 1 aliphatic heterocycles. The molecule has 130 valence electrons. The van der Waals surface area contributed by atoms with Crippen LogP contribution in [0.25, 0.3) is 0 Å². The molecule has 2 N–H and O–H groups in total. The maximum absolute atomic E-state index is 12.1. The topological polar surface area (TPSA) is 86.7 Å². The third kappa shape index (κ3) is 4.57. The van der Waals surface area contributed by atoms with Gasteiger partial charge in [-0.2, -0.15) is 0 Å². The van der Waals surface area contributed by atoms with Crippen LogP contribution in [0.3, 0.4) is 0 Å². The number of carbonyl (C=O) groups is 3. The second-order valence-electron chi connectivity index (χ2n) is 6.51. The molecule has 1 aromatic carbocycles. The highest BCUT2D eigenvalue weighted by atomic mass is 16.4. The van der Waals surface area contributed by atoms with Crippen LogP contribution in [0.4, 0.5) is 5.69 Å². The molecule has 24 heavy (non-hydrogen) atoms. The quantitative estimate of drug-likeness (QED) is 0.799. The van der Waals surface area contributed by atoms with Gasteiger partial charge < -0.3 is 15.3 Å². The predicted molar refractivity (Wildman–Crippen MR) is 90.8 cm³/mol. The molecule has 0 unspecified atom stereocenters. The number of nitrogens with zero attached hydrogens (tertiary/aromatic N) is 1. The lowest BCUT2D eigenvalue weighted by Crippen LogP contribution is -2.44. The molecular formula is C18H24N2O4. The van der Waals surface area contributed by atoms with E-state index in [1.54, 1.807) is 4.90 Å². The van der Waals surface area contributed by atoms with Gasteiger partial charge in [-0.1, -0.05) is 32.0 Å². The van der Waals surface area contributed by atoms with Crippen LogP contribution in [0.2, 0.25) is 0 Å². The first-order valence-corrected chi connectivity index (χ1v) is 8.29. The number of aryl methyl sites for hydroxylation is 1. The molecule has 0 saturated heterocycles. The Bertz CT molecular complexity index is 627. The molecule has 1 aromatic rings. The van der Waals surface area contributed by atoms with Gasteiger partial charge in [0.1, 0.15) is 6.04 Å². The molecule has 6 heteroatoms. The molecule has 0 aromatic heterocycles. The van der Waals surface area contributed by atoms with Crippen LogP contribution >= 0.6 is 0 Å². The normalized spacial score (nSPS) is 15.1. The number of hydrogen-bond acceptors (Lipinski definition) is 3. The minimum absolute atomic E-state index is 0.00142. The van der Waals surface area contributed by atoms with Crippen molar-refractivity contribution in [3.05, 3.63) is 29.8 Å². The first kappa shape index (κ1) is 18.0. The lowest BCUT2D eigenvalue weighted by Gasteiger charge is -2.29. The summed E-state index contributed by atoms with van der Waals surface area (Å²) in [6.45, 7) is 4.08. The van der Waals surface area contributed by atoms with Crippen LogP contribution in [-0.2, 0) is 20.8 Å². The maximum Gasteiger partial charge on any atom is 0.326 e. The fourth-order valence-corrected chi connectivity index (χ4v) is 2.91. The zero-order valence-electron chi connectivity index (χ0n) is 14.1. The lowest BCUT2D eigenvalue weighted by molar-refractivity contribution is -0.142. The molecule has 1 atom stereocenters. The zero-order chi connectivity index (χ0) is 17.7. The fourth-order valence-electron chi connectivity index (χ4n) is 2.91. The number of carboxylic acids is 1. The van der Waals surface area contributed by atoms with Crippen LogP contribution in [0.1, 0.15) is 38.7 Å². The number of para-hydroxylation sites is 1. The number of hydrogen-bond donors (Lipinski definition) is 2. The largest absolute Gasteiger partial charge is 0.480 e. The SMILES string of the molecule is CC(C)C[C@@H](NC(=O)CCN1C(=O)CCc2ccccc21)C(=O)O. The molecule has 2 rings (SSSR count). The predicted octanol–water partition coefficient (Wildman–Crippen LogP) is 1.97. The number of benzene rings is 1. The summed E-state index contributed by atoms with van der Waals surface area (Å²) in [7, 11) is 0. The average Bonchev–Trinajstić information content (AvgIpc) is 2.52. The van der Waals surface area contributed by atoms with Crippen LogP contribution < -0.4 is 10.2 Å². The number of carboxylic acid groups (broad SMARTS) is 1. The van der Waals surface area contributed by atoms with Crippen LogP contribution in [0, 0.1) is 5.92 Å². The summed E-state index contributed by atoms with van der Waals surface area (Å²) in [5, 5.41) is 11.7. The molecule has 1 heterocycles. The molecule has 0 bridgehead atoms. The Morgan fingerprint density at radius 3 is 2.62 bits per heavy atom. The van der Waals surface area contributed by atoms with Crippen molar-refractivity contribution in [3.63, 3.8) is 0 Å². The van der Waals surface area contributed by atoms with Crippen LogP contribution in [0.5, 0.6) is 0 Å². The Balaban J connectivity index is 1.96. The number of anilines is 1. The molecule has 6 nitrogen and oxygen atoms in total. The van der Waals surface area contributed by atoms with Crippen molar-refractivity contribution in [3.8, 4) is 0 Å². The third-order valence-electron chi connectivity index (χ3n) is 4.09. The van der Waals surface area contributed by atoms with Gasteiger partial charge in [-0.3, -0.25) is 9.59 Å². The van der Waals surface area contributed by atoms with Gasteiger partial charge in [-0.05, 0) is 30.4 Å². The van der Waals surface area contributed by atoms with Crippen molar-refractivity contribution >= 4 is 23.5 Å². The van der Waals surface area contributed by atoms with E-state index in [1.165, 1.54) is 0 Å². The molecule has 0 fully saturated rings. The molecule has 2 amide bonds. The van der Waals surface area contributed by atoms with Crippen molar-refractivity contribution in [1.29, 1.82) is 0 Å². The van der Waals surface area contributed by atoms with E-state index >= 15 is 0 Å². The molecule has 1 aliphatic rings. The highest BCUT2D eigenvalue weighted by Crippen LogP contribution is 2.27. The van der Waals surface area contributed by atoms with Crippen molar-refractivity contribution in [2.24, 2.45) is 5.92 Å². The third-order valence-corrected chi connectivity index (χ3v) is 4.09. The smallest absolute Gasteiger partial charge is 0.326 e. The summed E-state index contributed by atoms with van der Waals surface area (Å²) >= 11 is 0. The van der Waals surface area contributed by atoms with E-state index in [2.05, 4.69) is 5.32 Å². The first-order chi connectivity index (χ1) is 11.4. The minimum Gasteiger partial charge on any atom is -0.480 e. The maximum atomic E-state index is 12.1. The summed E-state index contributed by atoms with van der Waals surface area (Å²) in [6, 6.07) is 6.78. The van der Waals surface area contributed by atoms with E-state index in [4.69, 9.17) is 0 Å². The van der Waals surface area contributed by atoms with Gasteiger partial charge in [-0.15, -0.1) is 0 Å². The number of rotatable bonds is 7. The molecule has 0 aliphatic carbocycles. The molecule has 0 saturated carbocycles. The van der Waals surface area contributed by atoms with E-state index in [9.17, 15) is 19.5 Å².